The van der Waals surface area contributed by atoms with E-state index in [9.17, 15) is 14.4 Å². The topological polar surface area (TPSA) is 104 Å². The summed E-state index contributed by atoms with van der Waals surface area (Å²) in [4.78, 5) is 34.4. The van der Waals surface area contributed by atoms with E-state index in [0.717, 1.165) is 4.90 Å². The minimum atomic E-state index is -1.20. The highest BCUT2D eigenvalue weighted by Gasteiger charge is 2.19. The van der Waals surface area contributed by atoms with Crippen LogP contribution in [0.3, 0.4) is 0 Å². The maximum Gasteiger partial charge on any atom is 0.323 e. The van der Waals surface area contributed by atoms with Crippen LogP contribution >= 0.6 is 0 Å². The third-order valence-corrected chi connectivity index (χ3v) is 2.55. The third-order valence-electron chi connectivity index (χ3n) is 2.55. The molecular formula is C13H15NO6. The summed E-state index contributed by atoms with van der Waals surface area (Å²) in [6.45, 7) is -0.704. The zero-order valence-corrected chi connectivity index (χ0v) is 10.9. The van der Waals surface area contributed by atoms with E-state index >= 15 is 0 Å². The summed E-state index contributed by atoms with van der Waals surface area (Å²) in [5.41, 5.74) is 0.275. The van der Waals surface area contributed by atoms with E-state index in [2.05, 4.69) is 0 Å². The number of ether oxygens (including phenoxy) is 1. The van der Waals surface area contributed by atoms with Gasteiger partial charge in [-0.15, -0.1) is 0 Å². The van der Waals surface area contributed by atoms with Gasteiger partial charge in [-0.2, -0.15) is 0 Å². The number of amides is 1. The molecule has 0 aliphatic heterocycles. The Labute approximate surface area is 115 Å². The van der Waals surface area contributed by atoms with E-state index in [1.54, 1.807) is 12.1 Å². The number of carboxylic acids is 2. The molecule has 0 saturated heterocycles. The van der Waals surface area contributed by atoms with E-state index in [-0.39, 0.29) is 18.5 Å². The van der Waals surface area contributed by atoms with Crippen LogP contribution in [0, 0.1) is 0 Å². The van der Waals surface area contributed by atoms with Crippen molar-refractivity contribution < 1.29 is 29.3 Å². The van der Waals surface area contributed by atoms with Crippen molar-refractivity contribution in [2.75, 3.05) is 20.2 Å². The molecule has 0 radical (unpaired) electrons. The lowest BCUT2D eigenvalue weighted by Crippen LogP contribution is -2.37. The lowest BCUT2D eigenvalue weighted by Gasteiger charge is -2.20. The smallest absolute Gasteiger partial charge is 0.323 e. The van der Waals surface area contributed by atoms with Crippen molar-refractivity contribution in [3.05, 3.63) is 29.8 Å². The van der Waals surface area contributed by atoms with Crippen molar-refractivity contribution in [2.24, 2.45) is 0 Å². The molecule has 0 heterocycles. The van der Waals surface area contributed by atoms with Crippen LogP contribution in [0.25, 0.3) is 0 Å². The molecular weight excluding hydrogens is 266 g/mol. The highest BCUT2D eigenvalue weighted by Crippen LogP contribution is 2.13. The molecule has 0 fully saturated rings. The summed E-state index contributed by atoms with van der Waals surface area (Å²) < 4.78 is 4.96. The van der Waals surface area contributed by atoms with E-state index < -0.39 is 24.4 Å². The van der Waals surface area contributed by atoms with E-state index in [0.29, 0.717) is 5.75 Å². The number of carbonyl (C=O) groups excluding carboxylic acids is 1. The maximum atomic E-state index is 12.1. The van der Waals surface area contributed by atoms with Gasteiger partial charge < -0.3 is 19.8 Å². The van der Waals surface area contributed by atoms with Crippen molar-refractivity contribution in [3.8, 4) is 5.75 Å². The monoisotopic (exact) mass is 281 g/mol. The first-order valence-electron chi connectivity index (χ1n) is 5.81. The van der Waals surface area contributed by atoms with E-state index in [4.69, 9.17) is 14.9 Å². The Hall–Kier alpha value is -2.57. The Morgan fingerprint density at radius 3 is 2.15 bits per heavy atom. The molecule has 0 atom stereocenters. The second-order valence-corrected chi connectivity index (χ2v) is 3.99. The largest absolute Gasteiger partial charge is 0.497 e. The van der Waals surface area contributed by atoms with Crippen LogP contribution in [-0.4, -0.2) is 53.2 Å². The first kappa shape index (κ1) is 15.5. The Morgan fingerprint density at radius 2 is 1.70 bits per heavy atom. The zero-order chi connectivity index (χ0) is 15.1. The van der Waals surface area contributed by atoms with Gasteiger partial charge in [0.2, 0.25) is 0 Å². The van der Waals surface area contributed by atoms with Crippen LogP contribution < -0.4 is 4.74 Å². The summed E-state index contributed by atoms with van der Waals surface area (Å²) in [5, 5.41) is 17.4. The molecule has 0 aliphatic carbocycles. The second-order valence-electron chi connectivity index (χ2n) is 3.99. The van der Waals surface area contributed by atoms with Gasteiger partial charge in [0.15, 0.2) is 0 Å². The molecule has 0 saturated carbocycles. The van der Waals surface area contributed by atoms with Gasteiger partial charge in [0.25, 0.3) is 5.91 Å². The fourth-order valence-corrected chi connectivity index (χ4v) is 1.56. The van der Waals surface area contributed by atoms with Crippen LogP contribution in [0.1, 0.15) is 16.8 Å². The summed E-state index contributed by atoms with van der Waals surface area (Å²) >= 11 is 0. The first-order valence-corrected chi connectivity index (χ1v) is 5.81. The molecule has 2 N–H and O–H groups in total. The number of carboxylic acid groups (broad SMARTS) is 2. The SMILES string of the molecule is COc1ccc(C(=O)N(CCC(=O)O)CC(=O)O)cc1. The fraction of sp³-hybridized carbons (Fsp3) is 0.308. The minimum absolute atomic E-state index is 0.160. The van der Waals surface area contributed by atoms with Crippen molar-refractivity contribution in [1.82, 2.24) is 4.90 Å². The summed E-state index contributed by atoms with van der Waals surface area (Å²) in [6, 6.07) is 6.14. The van der Waals surface area contributed by atoms with Gasteiger partial charge in [-0.3, -0.25) is 14.4 Å². The van der Waals surface area contributed by atoms with Crippen LogP contribution in [0.2, 0.25) is 0 Å². The number of benzene rings is 1. The van der Waals surface area contributed by atoms with Crippen molar-refractivity contribution in [2.45, 2.75) is 6.42 Å². The second kappa shape index (κ2) is 7.13. The summed E-state index contributed by atoms with van der Waals surface area (Å²) in [5.74, 6) is -2.26. The number of nitrogens with zero attached hydrogens (tertiary/aromatic N) is 1. The van der Waals surface area contributed by atoms with Gasteiger partial charge >= 0.3 is 11.9 Å². The molecule has 0 aliphatic rings. The molecule has 20 heavy (non-hydrogen) atoms. The number of carbonyl (C=O) groups is 3. The average Bonchev–Trinajstić information content (AvgIpc) is 2.42. The Balaban J connectivity index is 2.84. The van der Waals surface area contributed by atoms with E-state index in [1.165, 1.54) is 19.2 Å². The predicted molar refractivity (Wildman–Crippen MR) is 68.8 cm³/mol. The average molecular weight is 281 g/mol. The lowest BCUT2D eigenvalue weighted by atomic mass is 10.2. The van der Waals surface area contributed by atoms with Crippen LogP contribution in [-0.2, 0) is 9.59 Å². The lowest BCUT2D eigenvalue weighted by molar-refractivity contribution is -0.140. The molecule has 1 aromatic carbocycles. The molecule has 0 spiro atoms. The van der Waals surface area contributed by atoms with Gasteiger partial charge in [-0.25, -0.2) is 0 Å². The van der Waals surface area contributed by atoms with Crippen LogP contribution in [0.4, 0.5) is 0 Å². The number of rotatable bonds is 7. The van der Waals surface area contributed by atoms with Gasteiger partial charge in [0.05, 0.1) is 13.5 Å². The van der Waals surface area contributed by atoms with Crippen molar-refractivity contribution in [1.29, 1.82) is 0 Å². The number of methoxy groups -OCH3 is 1. The molecule has 7 nitrogen and oxygen atoms in total. The molecule has 0 unspecified atom stereocenters. The highest BCUT2D eigenvalue weighted by molar-refractivity contribution is 5.96. The van der Waals surface area contributed by atoms with Crippen LogP contribution in [0.5, 0.6) is 5.75 Å². The van der Waals surface area contributed by atoms with Crippen molar-refractivity contribution >= 4 is 17.8 Å². The van der Waals surface area contributed by atoms with Crippen LogP contribution in [0.15, 0.2) is 24.3 Å². The Morgan fingerprint density at radius 1 is 1.10 bits per heavy atom. The third kappa shape index (κ3) is 4.60. The fourth-order valence-electron chi connectivity index (χ4n) is 1.56. The summed E-state index contributed by atoms with van der Waals surface area (Å²) in [6.07, 6.45) is -0.310. The molecule has 0 aromatic heterocycles. The quantitative estimate of drug-likeness (QED) is 0.762. The molecule has 1 rings (SSSR count). The van der Waals surface area contributed by atoms with Gasteiger partial charge in [0.1, 0.15) is 12.3 Å². The first-order chi connectivity index (χ1) is 9.43. The normalized spacial score (nSPS) is 9.85. The minimum Gasteiger partial charge on any atom is -0.497 e. The molecule has 7 heteroatoms. The van der Waals surface area contributed by atoms with Gasteiger partial charge in [-0.05, 0) is 24.3 Å². The standard InChI is InChI=1S/C13H15NO6/c1-20-10-4-2-9(3-5-10)13(19)14(8-12(17)18)7-6-11(15)16/h2-5H,6-8H2,1H3,(H,15,16)(H,17,18). The van der Waals surface area contributed by atoms with E-state index in [1.807, 2.05) is 0 Å². The number of aliphatic carboxylic acids is 2. The molecule has 1 amide bonds. The number of hydrogen-bond donors (Lipinski definition) is 2. The number of hydrogen-bond acceptors (Lipinski definition) is 4. The van der Waals surface area contributed by atoms with Crippen molar-refractivity contribution in [3.63, 3.8) is 0 Å². The zero-order valence-electron chi connectivity index (χ0n) is 10.9. The Bertz CT molecular complexity index is 496. The highest BCUT2D eigenvalue weighted by atomic mass is 16.5. The van der Waals surface area contributed by atoms with Gasteiger partial charge in [0, 0.05) is 12.1 Å². The molecule has 108 valence electrons. The maximum absolute atomic E-state index is 12.1. The van der Waals surface area contributed by atoms with Gasteiger partial charge in [-0.1, -0.05) is 0 Å². The summed E-state index contributed by atoms with van der Waals surface area (Å²) in [7, 11) is 1.49. The molecule has 0 bridgehead atoms. The predicted octanol–water partition coefficient (Wildman–Crippen LogP) is 0.697. The molecule has 1 aromatic rings. The Kier molecular flexibility index (Phi) is 5.52.